The Hall–Kier alpha value is -0.830. The lowest BCUT2D eigenvalue weighted by molar-refractivity contribution is 0.412. The molecule has 11 heavy (non-hydrogen) atoms. The predicted octanol–water partition coefficient (Wildman–Crippen LogP) is 1.14. The van der Waals surface area contributed by atoms with Crippen LogP contribution in [-0.2, 0) is 6.54 Å². The zero-order valence-electron chi connectivity index (χ0n) is 6.51. The minimum absolute atomic E-state index is 0.521. The van der Waals surface area contributed by atoms with Gasteiger partial charge in [-0.15, -0.1) is 0 Å². The summed E-state index contributed by atoms with van der Waals surface area (Å²) < 4.78 is 0. The molecule has 3 nitrogen and oxygen atoms in total. The molecule has 0 radical (unpaired) electrons. The summed E-state index contributed by atoms with van der Waals surface area (Å²) in [5, 5.41) is 0. The standard InChI is InChI=1S/C8H13N3/c9-4-8-10-5-7(11-8)6-2-1-3-6/h5-6H,1-4,9H2,(H,10,11). The Morgan fingerprint density at radius 1 is 1.64 bits per heavy atom. The highest BCUT2D eigenvalue weighted by atomic mass is 14.9. The van der Waals surface area contributed by atoms with Gasteiger partial charge in [0.05, 0.1) is 6.54 Å². The number of nitrogens with zero attached hydrogens (tertiary/aromatic N) is 1. The number of aromatic amines is 1. The highest BCUT2D eigenvalue weighted by molar-refractivity contribution is 5.10. The molecule has 60 valence electrons. The van der Waals surface area contributed by atoms with E-state index in [1.807, 2.05) is 6.20 Å². The Morgan fingerprint density at radius 3 is 2.91 bits per heavy atom. The number of nitrogens with two attached hydrogens (primary N) is 1. The lowest BCUT2D eigenvalue weighted by atomic mass is 9.83. The fraction of sp³-hybridized carbons (Fsp3) is 0.625. The minimum Gasteiger partial charge on any atom is -0.345 e. The molecule has 1 saturated carbocycles. The van der Waals surface area contributed by atoms with Crippen molar-refractivity contribution in [1.82, 2.24) is 9.97 Å². The fourth-order valence-corrected chi connectivity index (χ4v) is 1.41. The Bertz CT molecular complexity index is 237. The molecule has 1 aromatic heterocycles. The van der Waals surface area contributed by atoms with Gasteiger partial charge in [0.2, 0.25) is 0 Å². The van der Waals surface area contributed by atoms with Crippen LogP contribution < -0.4 is 5.73 Å². The summed E-state index contributed by atoms with van der Waals surface area (Å²) in [4.78, 5) is 7.39. The first kappa shape index (κ1) is 6.85. The number of nitrogens with one attached hydrogen (secondary N) is 1. The molecule has 1 aliphatic carbocycles. The largest absolute Gasteiger partial charge is 0.345 e. The van der Waals surface area contributed by atoms with Gasteiger partial charge in [0.15, 0.2) is 0 Å². The molecule has 0 aromatic carbocycles. The number of H-pyrrole nitrogens is 1. The third-order valence-corrected chi connectivity index (χ3v) is 2.39. The molecule has 1 aliphatic rings. The molecule has 0 aliphatic heterocycles. The summed E-state index contributed by atoms with van der Waals surface area (Å²) >= 11 is 0. The molecule has 0 atom stereocenters. The fourth-order valence-electron chi connectivity index (χ4n) is 1.41. The van der Waals surface area contributed by atoms with Gasteiger partial charge < -0.3 is 10.7 Å². The van der Waals surface area contributed by atoms with Gasteiger partial charge in [-0.2, -0.15) is 0 Å². The molecule has 0 saturated heterocycles. The van der Waals surface area contributed by atoms with E-state index < -0.39 is 0 Å². The van der Waals surface area contributed by atoms with E-state index in [-0.39, 0.29) is 0 Å². The molecule has 3 heteroatoms. The molecule has 0 unspecified atom stereocenters. The van der Waals surface area contributed by atoms with E-state index in [4.69, 9.17) is 5.73 Å². The van der Waals surface area contributed by atoms with Crippen molar-refractivity contribution in [3.63, 3.8) is 0 Å². The third kappa shape index (κ3) is 1.16. The number of aromatic nitrogens is 2. The summed E-state index contributed by atoms with van der Waals surface area (Å²) in [6, 6.07) is 0. The van der Waals surface area contributed by atoms with Gasteiger partial charge in [0.25, 0.3) is 0 Å². The van der Waals surface area contributed by atoms with Gasteiger partial charge in [-0.05, 0) is 12.8 Å². The van der Waals surface area contributed by atoms with Crippen LogP contribution in [0.15, 0.2) is 6.20 Å². The highest BCUT2D eigenvalue weighted by Crippen LogP contribution is 2.34. The summed E-state index contributed by atoms with van der Waals surface area (Å²) in [5.74, 6) is 1.65. The summed E-state index contributed by atoms with van der Waals surface area (Å²) in [6.07, 6.45) is 5.91. The van der Waals surface area contributed by atoms with Crippen LogP contribution in [0.4, 0.5) is 0 Å². The van der Waals surface area contributed by atoms with Crippen molar-refractivity contribution in [1.29, 1.82) is 0 Å². The molecular formula is C8H13N3. The van der Waals surface area contributed by atoms with Crippen LogP contribution in [0.1, 0.15) is 36.7 Å². The maximum absolute atomic E-state index is 5.43. The van der Waals surface area contributed by atoms with Crippen molar-refractivity contribution >= 4 is 0 Å². The van der Waals surface area contributed by atoms with E-state index in [1.54, 1.807) is 0 Å². The van der Waals surface area contributed by atoms with E-state index in [9.17, 15) is 0 Å². The topological polar surface area (TPSA) is 54.7 Å². The quantitative estimate of drug-likeness (QED) is 0.665. The smallest absolute Gasteiger partial charge is 0.120 e. The first-order chi connectivity index (χ1) is 5.40. The van der Waals surface area contributed by atoms with Crippen molar-refractivity contribution < 1.29 is 0 Å². The van der Waals surface area contributed by atoms with Gasteiger partial charge in [0, 0.05) is 17.8 Å². The predicted molar refractivity (Wildman–Crippen MR) is 43.1 cm³/mol. The van der Waals surface area contributed by atoms with E-state index in [0.29, 0.717) is 6.54 Å². The molecular weight excluding hydrogens is 138 g/mol. The molecule has 1 heterocycles. The second-order valence-corrected chi connectivity index (χ2v) is 3.12. The second-order valence-electron chi connectivity index (χ2n) is 3.12. The van der Waals surface area contributed by atoms with Crippen molar-refractivity contribution in [2.75, 3.05) is 0 Å². The number of rotatable bonds is 2. The second kappa shape index (κ2) is 2.66. The molecule has 0 spiro atoms. The maximum Gasteiger partial charge on any atom is 0.120 e. The molecule has 0 bridgehead atoms. The SMILES string of the molecule is NCc1ncc(C2CCC2)[nH]1. The highest BCUT2D eigenvalue weighted by Gasteiger charge is 2.20. The Labute approximate surface area is 66.0 Å². The summed E-state index contributed by atoms with van der Waals surface area (Å²) in [5.41, 5.74) is 6.70. The van der Waals surface area contributed by atoms with Crippen LogP contribution in [0.25, 0.3) is 0 Å². The third-order valence-electron chi connectivity index (χ3n) is 2.39. The Kier molecular flexibility index (Phi) is 1.66. The van der Waals surface area contributed by atoms with E-state index >= 15 is 0 Å². The number of hydrogen-bond acceptors (Lipinski definition) is 2. The van der Waals surface area contributed by atoms with Crippen LogP contribution >= 0.6 is 0 Å². The van der Waals surface area contributed by atoms with E-state index in [1.165, 1.54) is 25.0 Å². The zero-order valence-corrected chi connectivity index (χ0v) is 6.51. The Balaban J connectivity index is 2.11. The van der Waals surface area contributed by atoms with Crippen LogP contribution in [-0.4, -0.2) is 9.97 Å². The number of imidazole rings is 1. The van der Waals surface area contributed by atoms with Gasteiger partial charge in [-0.25, -0.2) is 4.98 Å². The van der Waals surface area contributed by atoms with Gasteiger partial charge in [0.1, 0.15) is 5.82 Å². The zero-order chi connectivity index (χ0) is 7.68. The van der Waals surface area contributed by atoms with Crippen molar-refractivity contribution in [3.05, 3.63) is 17.7 Å². The van der Waals surface area contributed by atoms with Crippen molar-refractivity contribution in [3.8, 4) is 0 Å². The average Bonchev–Trinajstić information content (AvgIpc) is 2.32. The maximum atomic E-state index is 5.43. The molecule has 1 aromatic rings. The van der Waals surface area contributed by atoms with Gasteiger partial charge in [-0.1, -0.05) is 6.42 Å². The average molecular weight is 151 g/mol. The summed E-state index contributed by atoms with van der Waals surface area (Å²) in [7, 11) is 0. The molecule has 3 N–H and O–H groups in total. The van der Waals surface area contributed by atoms with Crippen LogP contribution in [0, 0.1) is 0 Å². The number of hydrogen-bond donors (Lipinski definition) is 2. The normalized spacial score (nSPS) is 18.3. The van der Waals surface area contributed by atoms with Crippen LogP contribution in [0.5, 0.6) is 0 Å². The monoisotopic (exact) mass is 151 g/mol. The molecule has 0 amide bonds. The van der Waals surface area contributed by atoms with Gasteiger partial charge >= 0.3 is 0 Å². The van der Waals surface area contributed by atoms with Crippen LogP contribution in [0.2, 0.25) is 0 Å². The first-order valence-electron chi connectivity index (χ1n) is 4.14. The lowest BCUT2D eigenvalue weighted by Gasteiger charge is -2.23. The molecule has 1 fully saturated rings. The molecule has 2 rings (SSSR count). The minimum atomic E-state index is 0.521. The Morgan fingerprint density at radius 2 is 2.45 bits per heavy atom. The first-order valence-corrected chi connectivity index (χ1v) is 4.14. The van der Waals surface area contributed by atoms with Crippen molar-refractivity contribution in [2.45, 2.75) is 31.7 Å². The lowest BCUT2D eigenvalue weighted by Crippen LogP contribution is -2.09. The van der Waals surface area contributed by atoms with E-state index in [2.05, 4.69) is 9.97 Å². The van der Waals surface area contributed by atoms with Gasteiger partial charge in [-0.3, -0.25) is 0 Å². The van der Waals surface area contributed by atoms with Crippen molar-refractivity contribution in [2.24, 2.45) is 5.73 Å². The van der Waals surface area contributed by atoms with E-state index in [0.717, 1.165) is 11.7 Å². The van der Waals surface area contributed by atoms with Crippen LogP contribution in [0.3, 0.4) is 0 Å². The summed E-state index contributed by atoms with van der Waals surface area (Å²) in [6.45, 7) is 0.521.